The van der Waals surface area contributed by atoms with Crippen molar-refractivity contribution >= 4 is 0 Å². The number of aliphatic hydroxyl groups is 1. The van der Waals surface area contributed by atoms with E-state index in [1.54, 1.807) is 0 Å². The molecule has 126 valence electrons. The summed E-state index contributed by atoms with van der Waals surface area (Å²) in [5.74, 6) is 1.01. The van der Waals surface area contributed by atoms with Crippen LogP contribution in [0.3, 0.4) is 0 Å². The van der Waals surface area contributed by atoms with Crippen molar-refractivity contribution in [1.29, 1.82) is 0 Å². The molecule has 1 saturated carbocycles. The maximum Gasteiger partial charge on any atom is 0.123 e. The van der Waals surface area contributed by atoms with Crippen LogP contribution >= 0.6 is 0 Å². The minimum absolute atomic E-state index is 0.130. The van der Waals surface area contributed by atoms with Gasteiger partial charge in [0.25, 0.3) is 0 Å². The van der Waals surface area contributed by atoms with Crippen LogP contribution in [0.15, 0.2) is 54.6 Å². The molecule has 1 heterocycles. The molecule has 2 nitrogen and oxygen atoms in total. The Morgan fingerprint density at radius 2 is 1.71 bits per heavy atom. The molecule has 2 aromatic rings. The molecule has 4 rings (SSSR count). The average Bonchev–Trinajstić information content (AvgIpc) is 2.99. The number of benzene rings is 2. The molecule has 0 radical (unpaired) electrons. The monoisotopic (exact) mass is 325 g/mol. The van der Waals surface area contributed by atoms with Gasteiger partial charge in [0.2, 0.25) is 0 Å². The van der Waals surface area contributed by atoms with Gasteiger partial charge >= 0.3 is 0 Å². The van der Waals surface area contributed by atoms with E-state index in [0.29, 0.717) is 11.8 Å². The maximum absolute atomic E-state index is 13.3. The van der Waals surface area contributed by atoms with Crippen LogP contribution in [-0.2, 0) is 6.54 Å². The zero-order valence-electron chi connectivity index (χ0n) is 13.8. The minimum atomic E-state index is -0.312. The number of halogens is 1. The van der Waals surface area contributed by atoms with Gasteiger partial charge in [-0.05, 0) is 47.9 Å². The van der Waals surface area contributed by atoms with Crippen molar-refractivity contribution in [3.63, 3.8) is 0 Å². The van der Waals surface area contributed by atoms with Crippen molar-refractivity contribution in [2.24, 2.45) is 11.8 Å². The van der Waals surface area contributed by atoms with E-state index < -0.39 is 0 Å². The number of nitrogens with zero attached hydrogens (tertiary/aromatic N) is 1. The fourth-order valence-electron chi connectivity index (χ4n) is 4.68. The highest BCUT2D eigenvalue weighted by Crippen LogP contribution is 2.45. The van der Waals surface area contributed by atoms with Crippen molar-refractivity contribution in [2.75, 3.05) is 13.1 Å². The van der Waals surface area contributed by atoms with Gasteiger partial charge in [-0.2, -0.15) is 0 Å². The van der Waals surface area contributed by atoms with E-state index in [1.807, 2.05) is 18.2 Å². The Bertz CT molecular complexity index is 672. The van der Waals surface area contributed by atoms with E-state index in [9.17, 15) is 9.50 Å². The van der Waals surface area contributed by atoms with Crippen molar-refractivity contribution in [3.05, 3.63) is 71.5 Å². The van der Waals surface area contributed by atoms with Gasteiger partial charge in [-0.3, -0.25) is 4.90 Å². The lowest BCUT2D eigenvalue weighted by atomic mass is 9.69. The summed E-state index contributed by atoms with van der Waals surface area (Å²) in [6.07, 6.45) is 1.63. The summed E-state index contributed by atoms with van der Waals surface area (Å²) in [4.78, 5) is 2.51. The van der Waals surface area contributed by atoms with Crippen LogP contribution in [0.2, 0.25) is 0 Å². The van der Waals surface area contributed by atoms with Gasteiger partial charge in [0.15, 0.2) is 0 Å². The molecule has 2 aliphatic rings. The largest absolute Gasteiger partial charge is 0.392 e. The van der Waals surface area contributed by atoms with Gasteiger partial charge in [0, 0.05) is 25.6 Å². The Morgan fingerprint density at radius 1 is 0.958 bits per heavy atom. The predicted octanol–water partition coefficient (Wildman–Crippen LogP) is 3.81. The predicted molar refractivity (Wildman–Crippen MR) is 93.1 cm³/mol. The Balaban J connectivity index is 1.53. The van der Waals surface area contributed by atoms with Gasteiger partial charge in [-0.25, -0.2) is 4.39 Å². The Morgan fingerprint density at radius 3 is 2.46 bits per heavy atom. The lowest BCUT2D eigenvalue weighted by Crippen LogP contribution is -2.35. The molecule has 1 saturated heterocycles. The SMILES string of the molecule is OC1CC[C@@H]2CN(Cc3ccccc3)C[C@@H]2C1c1ccc(F)cc1. The van der Waals surface area contributed by atoms with Crippen molar-refractivity contribution in [3.8, 4) is 0 Å². The van der Waals surface area contributed by atoms with E-state index in [2.05, 4.69) is 29.2 Å². The topological polar surface area (TPSA) is 23.5 Å². The molecule has 24 heavy (non-hydrogen) atoms. The van der Waals surface area contributed by atoms with Crippen LogP contribution in [0, 0.1) is 17.7 Å². The van der Waals surface area contributed by atoms with Gasteiger partial charge in [-0.1, -0.05) is 42.5 Å². The number of rotatable bonds is 3. The molecule has 3 heteroatoms. The fourth-order valence-corrected chi connectivity index (χ4v) is 4.68. The summed E-state index contributed by atoms with van der Waals surface area (Å²) in [5, 5.41) is 10.6. The number of hydrogen-bond donors (Lipinski definition) is 1. The molecular formula is C21H24FNO. The summed E-state index contributed by atoms with van der Waals surface area (Å²) in [6, 6.07) is 17.3. The van der Waals surface area contributed by atoms with E-state index in [4.69, 9.17) is 0 Å². The highest BCUT2D eigenvalue weighted by atomic mass is 19.1. The van der Waals surface area contributed by atoms with E-state index >= 15 is 0 Å². The molecule has 0 aromatic heterocycles. The number of aliphatic hydroxyl groups excluding tert-OH is 1. The molecule has 2 unspecified atom stereocenters. The van der Waals surface area contributed by atoms with Gasteiger partial charge in [-0.15, -0.1) is 0 Å². The van der Waals surface area contributed by atoms with Crippen LogP contribution in [-0.4, -0.2) is 29.2 Å². The first-order chi connectivity index (χ1) is 11.7. The second-order valence-electron chi connectivity index (χ2n) is 7.33. The van der Waals surface area contributed by atoms with E-state index in [1.165, 1.54) is 17.7 Å². The van der Waals surface area contributed by atoms with Crippen molar-refractivity contribution in [1.82, 2.24) is 4.90 Å². The molecule has 1 N–H and O–H groups in total. The minimum Gasteiger partial charge on any atom is -0.392 e. The van der Waals surface area contributed by atoms with E-state index in [0.717, 1.165) is 38.0 Å². The molecular weight excluding hydrogens is 301 g/mol. The zero-order chi connectivity index (χ0) is 16.5. The second kappa shape index (κ2) is 6.66. The average molecular weight is 325 g/mol. The highest BCUT2D eigenvalue weighted by Gasteiger charge is 2.44. The second-order valence-corrected chi connectivity index (χ2v) is 7.33. The van der Waals surface area contributed by atoms with Gasteiger partial charge in [0.05, 0.1) is 6.10 Å². The molecule has 0 bridgehead atoms. The van der Waals surface area contributed by atoms with Crippen molar-refractivity contribution in [2.45, 2.75) is 31.4 Å². The van der Waals surface area contributed by atoms with Crippen LogP contribution < -0.4 is 0 Å². The first kappa shape index (κ1) is 15.8. The summed E-state index contributed by atoms with van der Waals surface area (Å²) >= 11 is 0. The molecule has 2 fully saturated rings. The fraction of sp³-hybridized carbons (Fsp3) is 0.429. The van der Waals surface area contributed by atoms with Crippen molar-refractivity contribution < 1.29 is 9.50 Å². The molecule has 1 aliphatic heterocycles. The number of likely N-dealkylation sites (tertiary alicyclic amines) is 1. The number of fused-ring (bicyclic) bond motifs is 1. The maximum atomic E-state index is 13.3. The molecule has 0 amide bonds. The first-order valence-electron chi connectivity index (χ1n) is 8.90. The van der Waals surface area contributed by atoms with Gasteiger partial charge < -0.3 is 5.11 Å². The highest BCUT2D eigenvalue weighted by molar-refractivity contribution is 5.25. The summed E-state index contributed by atoms with van der Waals surface area (Å²) in [7, 11) is 0. The third kappa shape index (κ3) is 3.11. The molecule has 1 aliphatic carbocycles. The Labute approximate surface area is 142 Å². The zero-order valence-corrected chi connectivity index (χ0v) is 13.8. The third-order valence-electron chi connectivity index (χ3n) is 5.78. The summed E-state index contributed by atoms with van der Waals surface area (Å²) in [5.41, 5.74) is 2.43. The van der Waals surface area contributed by atoms with E-state index in [-0.39, 0.29) is 17.8 Å². The molecule has 0 spiro atoms. The van der Waals surface area contributed by atoms with Crippen LogP contribution in [0.1, 0.15) is 29.9 Å². The quantitative estimate of drug-likeness (QED) is 0.927. The van der Waals surface area contributed by atoms with Crippen LogP contribution in [0.4, 0.5) is 4.39 Å². The smallest absolute Gasteiger partial charge is 0.123 e. The summed E-state index contributed by atoms with van der Waals surface area (Å²) in [6.45, 7) is 3.09. The Hall–Kier alpha value is -1.71. The molecule has 4 atom stereocenters. The third-order valence-corrected chi connectivity index (χ3v) is 5.78. The number of hydrogen-bond acceptors (Lipinski definition) is 2. The van der Waals surface area contributed by atoms with Crippen LogP contribution in [0.25, 0.3) is 0 Å². The standard InChI is InChI=1S/C21H24FNO/c22-18-9-6-16(7-10-18)21-19-14-23(12-15-4-2-1-3-5-15)13-17(19)8-11-20(21)24/h1-7,9-10,17,19-21,24H,8,11-14H2/t17-,19+,20?,21?/m1/s1. The molecule has 2 aromatic carbocycles. The lowest BCUT2D eigenvalue weighted by molar-refractivity contribution is 0.0590. The van der Waals surface area contributed by atoms with Crippen LogP contribution in [0.5, 0.6) is 0 Å². The Kier molecular flexibility index (Phi) is 4.38. The summed E-state index contributed by atoms with van der Waals surface area (Å²) < 4.78 is 13.3. The normalized spacial score (nSPS) is 30.2. The lowest BCUT2D eigenvalue weighted by Gasteiger charge is -2.37. The van der Waals surface area contributed by atoms with Gasteiger partial charge in [0.1, 0.15) is 5.82 Å². The first-order valence-corrected chi connectivity index (χ1v) is 8.90.